The number of hydrogen-bond acceptors (Lipinski definition) is 7. The van der Waals surface area contributed by atoms with E-state index in [0.29, 0.717) is 5.89 Å². The zero-order valence-electron chi connectivity index (χ0n) is 31.7. The van der Waals surface area contributed by atoms with Gasteiger partial charge in [0.15, 0.2) is 11.4 Å². The number of oxazole rings is 1. The van der Waals surface area contributed by atoms with E-state index in [-0.39, 0.29) is 6.17 Å². The van der Waals surface area contributed by atoms with Crippen LogP contribution in [0.4, 0.5) is 0 Å². The number of para-hydroxylation sites is 2. The van der Waals surface area contributed by atoms with Crippen LogP contribution in [-0.4, -0.2) is 16.7 Å². The molecule has 280 valence electrons. The molecule has 3 aromatic heterocycles. The minimum Gasteiger partial charge on any atom is -0.436 e. The van der Waals surface area contributed by atoms with Gasteiger partial charge in [-0.25, -0.2) is 15.0 Å². The van der Waals surface area contributed by atoms with Crippen molar-refractivity contribution in [3.05, 3.63) is 187 Å². The molecule has 1 N–H and O–H groups in total. The predicted molar refractivity (Wildman–Crippen MR) is 249 cm³/mol. The molecular formula is C52H34N4OS2. The Morgan fingerprint density at radius 2 is 1.39 bits per heavy atom. The Hall–Kier alpha value is -6.93. The van der Waals surface area contributed by atoms with Crippen molar-refractivity contribution < 1.29 is 4.42 Å². The van der Waals surface area contributed by atoms with Crippen LogP contribution in [0.15, 0.2) is 190 Å². The summed E-state index contributed by atoms with van der Waals surface area (Å²) in [5.41, 5.74) is 10.7. The third-order valence-corrected chi connectivity index (χ3v) is 13.8. The molecule has 7 aromatic carbocycles. The fourth-order valence-electron chi connectivity index (χ4n) is 8.56. The lowest BCUT2D eigenvalue weighted by Gasteiger charge is -2.26. The number of thiophene rings is 2. The molecular weight excluding hydrogens is 761 g/mol. The molecule has 10 aromatic rings. The van der Waals surface area contributed by atoms with Crippen molar-refractivity contribution in [3.8, 4) is 33.7 Å². The molecule has 1 unspecified atom stereocenters. The second-order valence-electron chi connectivity index (χ2n) is 15.1. The summed E-state index contributed by atoms with van der Waals surface area (Å²) >= 11 is 3.68. The van der Waals surface area contributed by atoms with Crippen molar-refractivity contribution in [2.24, 2.45) is 9.98 Å². The largest absolute Gasteiger partial charge is 0.436 e. The lowest BCUT2D eigenvalue weighted by Crippen LogP contribution is -2.34. The van der Waals surface area contributed by atoms with Crippen LogP contribution in [0.5, 0.6) is 0 Å². The summed E-state index contributed by atoms with van der Waals surface area (Å²) in [4.78, 5) is 15.3. The third-order valence-electron chi connectivity index (χ3n) is 11.5. The summed E-state index contributed by atoms with van der Waals surface area (Å²) in [5, 5.41) is 8.81. The molecule has 0 radical (unpaired) electrons. The van der Waals surface area contributed by atoms with Crippen molar-refractivity contribution in [3.63, 3.8) is 0 Å². The summed E-state index contributed by atoms with van der Waals surface area (Å²) in [7, 11) is 0. The molecule has 12 rings (SSSR count). The van der Waals surface area contributed by atoms with Crippen molar-refractivity contribution in [2.75, 3.05) is 0 Å². The highest BCUT2D eigenvalue weighted by molar-refractivity contribution is 7.26. The maximum absolute atomic E-state index is 6.03. The lowest BCUT2D eigenvalue weighted by atomic mass is 9.98. The number of fused-ring (bicyclic) bond motifs is 7. The number of aliphatic imine (C=N–C) groups is 2. The number of benzene rings is 7. The van der Waals surface area contributed by atoms with Gasteiger partial charge in [-0.05, 0) is 95.3 Å². The quantitative estimate of drug-likeness (QED) is 0.182. The van der Waals surface area contributed by atoms with Crippen LogP contribution in [0.25, 0.3) is 85.2 Å². The highest BCUT2D eigenvalue weighted by atomic mass is 32.1. The van der Waals surface area contributed by atoms with Crippen molar-refractivity contribution >= 4 is 85.8 Å². The number of aromatic nitrogens is 1. The van der Waals surface area contributed by atoms with Crippen molar-refractivity contribution in [2.45, 2.75) is 19.0 Å². The topological polar surface area (TPSA) is 62.8 Å². The minimum absolute atomic E-state index is 0.284. The summed E-state index contributed by atoms with van der Waals surface area (Å²) in [5.74, 6) is 2.28. The molecule has 0 saturated heterocycles. The fraction of sp³-hybridized carbons (Fsp3) is 0.0577. The second-order valence-corrected chi connectivity index (χ2v) is 17.2. The highest BCUT2D eigenvalue weighted by Crippen LogP contribution is 2.43. The molecule has 0 spiro atoms. The van der Waals surface area contributed by atoms with Gasteiger partial charge in [0.05, 0.1) is 0 Å². The fourth-order valence-corrected chi connectivity index (χ4v) is 10.9. The first kappa shape index (κ1) is 34.1. The van der Waals surface area contributed by atoms with Gasteiger partial charge in [0.1, 0.15) is 17.5 Å². The standard InChI is InChI=1S/C52H34N4OS2/c1-2-11-32(12-3-1)49-54-50(56-51(55-49)40-18-10-22-46-47(40)39-15-4-7-21-44(39)58-46)36-14-8-13-35(29-36)37-16-9-17-38-41-30-34(27-28-45(41)59-48(37)38)31-23-25-33(26-24-31)52-53-42-19-5-6-20-43(42)57-52/h1-2,4-11,13-30,51H,3,12H2,(H,54,55,56). The average molecular weight is 795 g/mol. The lowest BCUT2D eigenvalue weighted by molar-refractivity contribution is 0.620. The van der Waals surface area contributed by atoms with E-state index < -0.39 is 0 Å². The van der Waals surface area contributed by atoms with Crippen molar-refractivity contribution in [1.82, 2.24) is 10.3 Å². The zero-order chi connectivity index (χ0) is 38.9. The maximum Gasteiger partial charge on any atom is 0.227 e. The first-order valence-electron chi connectivity index (χ1n) is 19.9. The molecule has 0 bridgehead atoms. The SMILES string of the molecule is C1=CCCC(C2=NC(c3cccc(-c4cccc5c4sc4ccc(-c6ccc(-c7nc8ccccc8o7)cc6)cc45)c3)=NC(c3cccc4sc5ccccc5c34)N2)=C1. The Kier molecular flexibility index (Phi) is 8.03. The normalized spacial score (nSPS) is 15.5. The van der Waals surface area contributed by atoms with Crippen LogP contribution >= 0.6 is 22.7 Å². The Balaban J connectivity index is 0.918. The summed E-state index contributed by atoms with van der Waals surface area (Å²) in [6, 6.07) is 53.9. The Morgan fingerprint density at radius 3 is 2.31 bits per heavy atom. The Morgan fingerprint density at radius 1 is 0.610 bits per heavy atom. The van der Waals surface area contributed by atoms with Gasteiger partial charge in [-0.3, -0.25) is 0 Å². The van der Waals surface area contributed by atoms with E-state index in [9.17, 15) is 0 Å². The molecule has 7 heteroatoms. The van der Waals surface area contributed by atoms with Crippen LogP contribution in [-0.2, 0) is 0 Å². The number of amidine groups is 2. The van der Waals surface area contributed by atoms with Crippen molar-refractivity contribution in [1.29, 1.82) is 0 Å². The van der Waals surface area contributed by atoms with Gasteiger partial charge in [0.25, 0.3) is 0 Å². The van der Waals surface area contributed by atoms with E-state index in [2.05, 4.69) is 156 Å². The average Bonchev–Trinajstić information content (AvgIpc) is 4.03. The molecule has 1 aliphatic carbocycles. The Labute approximate surface area is 348 Å². The summed E-state index contributed by atoms with van der Waals surface area (Å²) in [6.07, 6.45) is 8.20. The van der Waals surface area contributed by atoms with E-state index in [1.165, 1.54) is 62.6 Å². The van der Waals surface area contributed by atoms with Gasteiger partial charge in [-0.2, -0.15) is 0 Å². The number of nitrogens with zero attached hydrogens (tertiary/aromatic N) is 3. The number of allylic oxidation sites excluding steroid dienone is 3. The second kappa shape index (κ2) is 13.9. The van der Waals surface area contributed by atoms with Crippen LogP contribution in [0.2, 0.25) is 0 Å². The van der Waals surface area contributed by atoms with Crippen LogP contribution in [0, 0.1) is 0 Å². The van der Waals surface area contributed by atoms with Gasteiger partial charge < -0.3 is 9.73 Å². The Bertz CT molecular complexity index is 3400. The summed E-state index contributed by atoms with van der Waals surface area (Å²) < 4.78 is 11.1. The first-order valence-corrected chi connectivity index (χ1v) is 21.6. The number of hydrogen-bond donors (Lipinski definition) is 1. The molecule has 1 atom stereocenters. The van der Waals surface area contributed by atoms with Gasteiger partial charge in [-0.15, -0.1) is 22.7 Å². The van der Waals surface area contributed by atoms with Gasteiger partial charge in [0, 0.05) is 57.0 Å². The first-order chi connectivity index (χ1) is 29.2. The monoisotopic (exact) mass is 794 g/mol. The number of rotatable bonds is 6. The van der Waals surface area contributed by atoms with Gasteiger partial charge >= 0.3 is 0 Å². The minimum atomic E-state index is -0.284. The molecule has 4 heterocycles. The molecule has 5 nitrogen and oxygen atoms in total. The van der Waals surface area contributed by atoms with E-state index in [0.717, 1.165) is 57.9 Å². The summed E-state index contributed by atoms with van der Waals surface area (Å²) in [6.45, 7) is 0. The van der Waals surface area contributed by atoms with Gasteiger partial charge in [-0.1, -0.05) is 115 Å². The number of nitrogens with one attached hydrogen (secondary N) is 1. The molecule has 1 aliphatic heterocycles. The van der Waals surface area contributed by atoms with E-state index >= 15 is 0 Å². The van der Waals surface area contributed by atoms with Crippen LogP contribution < -0.4 is 5.32 Å². The third kappa shape index (κ3) is 5.92. The molecule has 0 amide bonds. The maximum atomic E-state index is 6.03. The highest BCUT2D eigenvalue weighted by Gasteiger charge is 2.25. The molecule has 2 aliphatic rings. The van der Waals surface area contributed by atoms with Crippen LogP contribution in [0.1, 0.15) is 30.1 Å². The van der Waals surface area contributed by atoms with E-state index in [1.54, 1.807) is 0 Å². The predicted octanol–water partition coefficient (Wildman–Crippen LogP) is 14.3. The van der Waals surface area contributed by atoms with Gasteiger partial charge in [0.2, 0.25) is 5.89 Å². The molecule has 0 saturated carbocycles. The smallest absolute Gasteiger partial charge is 0.227 e. The zero-order valence-corrected chi connectivity index (χ0v) is 33.4. The molecule has 59 heavy (non-hydrogen) atoms. The van der Waals surface area contributed by atoms with E-state index in [4.69, 9.17) is 14.4 Å². The molecule has 0 fully saturated rings. The van der Waals surface area contributed by atoms with E-state index in [1.807, 2.05) is 46.9 Å². The van der Waals surface area contributed by atoms with Crippen LogP contribution in [0.3, 0.4) is 0 Å².